The fourth-order valence-electron chi connectivity index (χ4n) is 2.06. The molecule has 24 heavy (non-hydrogen) atoms. The summed E-state index contributed by atoms with van der Waals surface area (Å²) in [5, 5.41) is 0.787. The number of ether oxygens (including phenoxy) is 3. The standard InChI is InChI=1S/C17H18O7/c1-11(18)22-10-15(23-12(2)19)7-8-21-14-5-3-13-4-6-17(20)24-16(13)9-14/h3-6,9,15H,7-8,10H2,1-2H3/t15-/m0/s1. The lowest BCUT2D eigenvalue weighted by Gasteiger charge is -2.17. The molecule has 0 aliphatic rings. The Hall–Kier alpha value is -2.83. The fraction of sp³-hybridized carbons (Fsp3) is 0.353. The molecule has 1 atom stereocenters. The third-order valence-electron chi connectivity index (χ3n) is 3.11. The van der Waals surface area contributed by atoms with Crippen LogP contribution >= 0.6 is 0 Å². The van der Waals surface area contributed by atoms with E-state index in [0.717, 1.165) is 5.39 Å². The Morgan fingerprint density at radius 2 is 1.88 bits per heavy atom. The van der Waals surface area contributed by atoms with Crippen molar-refractivity contribution in [3.8, 4) is 5.75 Å². The molecule has 0 aliphatic carbocycles. The van der Waals surface area contributed by atoms with Gasteiger partial charge in [0.05, 0.1) is 6.61 Å². The van der Waals surface area contributed by atoms with Crippen molar-refractivity contribution in [1.29, 1.82) is 0 Å². The molecular weight excluding hydrogens is 316 g/mol. The Kier molecular flexibility index (Phi) is 5.95. The second kappa shape index (κ2) is 8.14. The lowest BCUT2D eigenvalue weighted by atomic mass is 10.2. The van der Waals surface area contributed by atoms with E-state index in [9.17, 15) is 14.4 Å². The molecule has 0 radical (unpaired) electrons. The van der Waals surface area contributed by atoms with Gasteiger partial charge in [0.2, 0.25) is 0 Å². The zero-order chi connectivity index (χ0) is 17.5. The molecule has 0 saturated carbocycles. The van der Waals surface area contributed by atoms with E-state index in [4.69, 9.17) is 18.6 Å². The van der Waals surface area contributed by atoms with Crippen molar-refractivity contribution in [1.82, 2.24) is 0 Å². The highest BCUT2D eigenvalue weighted by molar-refractivity contribution is 5.77. The maximum absolute atomic E-state index is 11.2. The highest BCUT2D eigenvalue weighted by atomic mass is 16.6. The first-order chi connectivity index (χ1) is 11.4. The van der Waals surface area contributed by atoms with Gasteiger partial charge in [-0.25, -0.2) is 4.79 Å². The molecule has 0 aliphatic heterocycles. The molecule has 1 aromatic carbocycles. The summed E-state index contributed by atoms with van der Waals surface area (Å²) in [6.45, 7) is 2.78. The smallest absolute Gasteiger partial charge is 0.336 e. The van der Waals surface area contributed by atoms with Crippen molar-refractivity contribution in [2.24, 2.45) is 0 Å². The topological polar surface area (TPSA) is 92.0 Å². The average Bonchev–Trinajstić information content (AvgIpc) is 2.51. The molecule has 0 amide bonds. The zero-order valence-electron chi connectivity index (χ0n) is 13.4. The van der Waals surface area contributed by atoms with Crippen LogP contribution in [0.3, 0.4) is 0 Å². The largest absolute Gasteiger partial charge is 0.493 e. The first-order valence-electron chi connectivity index (χ1n) is 7.41. The van der Waals surface area contributed by atoms with E-state index in [0.29, 0.717) is 17.8 Å². The summed E-state index contributed by atoms with van der Waals surface area (Å²) in [5.74, 6) is -0.386. The Balaban J connectivity index is 1.94. The minimum absolute atomic E-state index is 0.0229. The van der Waals surface area contributed by atoms with Gasteiger partial charge in [-0.15, -0.1) is 0 Å². The van der Waals surface area contributed by atoms with Crippen LogP contribution in [0.5, 0.6) is 5.75 Å². The SMILES string of the molecule is CC(=O)OC[C@H](CCOc1ccc2ccc(=O)oc2c1)OC(C)=O. The highest BCUT2D eigenvalue weighted by Crippen LogP contribution is 2.19. The summed E-state index contributed by atoms with van der Waals surface area (Å²) in [4.78, 5) is 33.1. The van der Waals surface area contributed by atoms with E-state index < -0.39 is 23.7 Å². The average molecular weight is 334 g/mol. The van der Waals surface area contributed by atoms with Crippen molar-refractivity contribution >= 4 is 22.9 Å². The summed E-state index contributed by atoms with van der Waals surface area (Å²) < 4.78 is 20.6. The third kappa shape index (κ3) is 5.42. The van der Waals surface area contributed by atoms with Crippen LogP contribution in [0.1, 0.15) is 20.3 Å². The van der Waals surface area contributed by atoms with Crippen molar-refractivity contribution in [2.75, 3.05) is 13.2 Å². The Bertz CT molecular complexity index is 778. The number of carbonyl (C=O) groups excluding carboxylic acids is 2. The number of hydrogen-bond acceptors (Lipinski definition) is 7. The van der Waals surface area contributed by atoms with Gasteiger partial charge in [-0.1, -0.05) is 0 Å². The molecule has 0 saturated heterocycles. The van der Waals surface area contributed by atoms with Crippen LogP contribution in [0, 0.1) is 0 Å². The van der Waals surface area contributed by atoms with Crippen LogP contribution in [-0.4, -0.2) is 31.3 Å². The normalized spacial score (nSPS) is 11.8. The van der Waals surface area contributed by atoms with Gasteiger partial charge >= 0.3 is 17.6 Å². The van der Waals surface area contributed by atoms with Crippen LogP contribution in [0.15, 0.2) is 39.5 Å². The molecule has 2 rings (SSSR count). The van der Waals surface area contributed by atoms with Crippen LogP contribution in [0.4, 0.5) is 0 Å². The van der Waals surface area contributed by atoms with Gasteiger partial charge in [-0.2, -0.15) is 0 Å². The molecule has 2 aromatic rings. The third-order valence-corrected chi connectivity index (χ3v) is 3.11. The molecule has 7 heteroatoms. The van der Waals surface area contributed by atoms with Crippen LogP contribution in [0.25, 0.3) is 11.0 Å². The van der Waals surface area contributed by atoms with Gasteiger partial charge in [0, 0.05) is 37.8 Å². The summed E-state index contributed by atoms with van der Waals surface area (Å²) in [7, 11) is 0. The zero-order valence-corrected chi connectivity index (χ0v) is 13.4. The number of carbonyl (C=O) groups is 2. The first-order valence-corrected chi connectivity index (χ1v) is 7.41. The van der Waals surface area contributed by atoms with Gasteiger partial charge in [-0.05, 0) is 18.2 Å². The summed E-state index contributed by atoms with van der Waals surface area (Å²) in [6, 6.07) is 8.15. The Morgan fingerprint density at radius 1 is 1.12 bits per heavy atom. The second-order valence-corrected chi connectivity index (χ2v) is 5.13. The van der Waals surface area contributed by atoms with Crippen molar-refractivity contribution in [3.63, 3.8) is 0 Å². The molecule has 0 unspecified atom stereocenters. The monoisotopic (exact) mass is 334 g/mol. The van der Waals surface area contributed by atoms with Crippen molar-refractivity contribution in [3.05, 3.63) is 40.8 Å². The molecule has 128 valence electrons. The predicted octanol–water partition coefficient (Wildman–Crippen LogP) is 2.06. The maximum atomic E-state index is 11.2. The van der Waals surface area contributed by atoms with E-state index >= 15 is 0 Å². The van der Waals surface area contributed by atoms with E-state index in [2.05, 4.69) is 0 Å². The number of esters is 2. The van der Waals surface area contributed by atoms with Crippen molar-refractivity contribution < 1.29 is 28.2 Å². The first kappa shape index (κ1) is 17.5. The second-order valence-electron chi connectivity index (χ2n) is 5.13. The quantitative estimate of drug-likeness (QED) is 0.565. The summed E-state index contributed by atoms with van der Waals surface area (Å²) in [6.07, 6.45) is -0.228. The predicted molar refractivity (Wildman–Crippen MR) is 84.8 cm³/mol. The molecule has 0 bridgehead atoms. The molecule has 0 fully saturated rings. The summed E-state index contributed by atoms with van der Waals surface area (Å²) in [5.41, 5.74) is -0.00703. The number of hydrogen-bond donors (Lipinski definition) is 0. The van der Waals surface area contributed by atoms with Gasteiger partial charge in [0.1, 0.15) is 24.0 Å². The van der Waals surface area contributed by atoms with Gasteiger partial charge in [0.15, 0.2) is 0 Å². The van der Waals surface area contributed by atoms with Gasteiger partial charge < -0.3 is 18.6 Å². The highest BCUT2D eigenvalue weighted by Gasteiger charge is 2.14. The lowest BCUT2D eigenvalue weighted by Crippen LogP contribution is -2.25. The molecular formula is C17H18O7. The molecule has 0 N–H and O–H groups in total. The molecule has 1 heterocycles. The minimum Gasteiger partial charge on any atom is -0.493 e. The summed E-state index contributed by atoms with van der Waals surface area (Å²) >= 11 is 0. The van der Waals surface area contributed by atoms with Gasteiger partial charge in [0.25, 0.3) is 0 Å². The van der Waals surface area contributed by atoms with Crippen molar-refractivity contribution in [2.45, 2.75) is 26.4 Å². The van der Waals surface area contributed by atoms with Crippen LogP contribution in [0.2, 0.25) is 0 Å². The fourth-order valence-corrected chi connectivity index (χ4v) is 2.06. The Labute approximate surface area is 138 Å². The number of fused-ring (bicyclic) bond motifs is 1. The van der Waals surface area contributed by atoms with Crippen LogP contribution < -0.4 is 10.4 Å². The molecule has 7 nitrogen and oxygen atoms in total. The van der Waals surface area contributed by atoms with E-state index in [-0.39, 0.29) is 13.2 Å². The number of benzene rings is 1. The Morgan fingerprint density at radius 3 is 2.58 bits per heavy atom. The van der Waals surface area contributed by atoms with E-state index in [1.165, 1.54) is 19.9 Å². The number of rotatable bonds is 7. The lowest BCUT2D eigenvalue weighted by molar-refractivity contribution is -0.156. The van der Waals surface area contributed by atoms with Crippen LogP contribution in [-0.2, 0) is 19.1 Å². The van der Waals surface area contributed by atoms with E-state index in [1.807, 2.05) is 0 Å². The van der Waals surface area contributed by atoms with E-state index in [1.54, 1.807) is 24.3 Å². The molecule has 1 aromatic heterocycles. The maximum Gasteiger partial charge on any atom is 0.336 e. The van der Waals surface area contributed by atoms with Gasteiger partial charge in [-0.3, -0.25) is 9.59 Å². The molecule has 0 spiro atoms. The minimum atomic E-state index is -0.579.